The van der Waals surface area contributed by atoms with Crippen molar-refractivity contribution in [2.75, 3.05) is 5.73 Å². The Hall–Kier alpha value is -4.31. The Morgan fingerprint density at radius 1 is 1.08 bits per heavy atom. The molecule has 1 atom stereocenters. The van der Waals surface area contributed by atoms with Gasteiger partial charge in [-0.1, -0.05) is 0 Å². The van der Waals surface area contributed by atoms with E-state index >= 15 is 0 Å². The highest BCUT2D eigenvalue weighted by Gasteiger charge is 2.70. The van der Waals surface area contributed by atoms with Gasteiger partial charge in [0.25, 0.3) is 5.91 Å². The van der Waals surface area contributed by atoms with Gasteiger partial charge in [-0.05, 0) is 69.5 Å². The van der Waals surface area contributed by atoms with Crippen molar-refractivity contribution in [1.29, 1.82) is 0 Å². The molecule has 3 fully saturated rings. The second kappa shape index (κ2) is 7.61. The summed E-state index contributed by atoms with van der Waals surface area (Å²) in [7, 11) is 0. The van der Waals surface area contributed by atoms with Gasteiger partial charge in [0, 0.05) is 46.4 Å². The lowest BCUT2D eigenvalue weighted by molar-refractivity contribution is -0.204. The number of carbonyl (C=O) groups excluding carboxylic acids is 1. The topological polar surface area (TPSA) is 123 Å². The van der Waals surface area contributed by atoms with Crippen molar-refractivity contribution in [3.63, 3.8) is 0 Å². The molecule has 3 saturated carbocycles. The molecular formula is C28H26FN7O2. The summed E-state index contributed by atoms with van der Waals surface area (Å²) >= 11 is 0. The predicted molar refractivity (Wildman–Crippen MR) is 140 cm³/mol. The van der Waals surface area contributed by atoms with E-state index in [-0.39, 0.29) is 40.3 Å². The van der Waals surface area contributed by atoms with Crippen LogP contribution in [0.25, 0.3) is 33.8 Å². The summed E-state index contributed by atoms with van der Waals surface area (Å²) in [6.07, 6.45) is 7.34. The molecule has 3 aliphatic carbocycles. The largest absolute Gasteiger partial charge is 0.393 e. The van der Waals surface area contributed by atoms with Crippen molar-refractivity contribution in [2.24, 2.45) is 5.41 Å². The quantitative estimate of drug-likeness (QED) is 0.330. The Morgan fingerprint density at radius 2 is 1.79 bits per heavy atom. The van der Waals surface area contributed by atoms with E-state index in [9.17, 15) is 14.3 Å². The summed E-state index contributed by atoms with van der Waals surface area (Å²) in [6.45, 7) is 3.78. The fourth-order valence-corrected chi connectivity index (χ4v) is 6.25. The van der Waals surface area contributed by atoms with E-state index in [1.807, 2.05) is 36.6 Å². The maximum atomic E-state index is 13.7. The van der Waals surface area contributed by atoms with Crippen LogP contribution in [-0.2, 0) is 0 Å². The molecule has 0 saturated heterocycles. The lowest BCUT2D eigenvalue weighted by Crippen LogP contribution is -2.77. The Kier molecular flexibility index (Phi) is 4.58. The third-order valence-corrected chi connectivity index (χ3v) is 8.28. The van der Waals surface area contributed by atoms with E-state index < -0.39 is 0 Å². The lowest BCUT2D eigenvalue weighted by atomic mass is 9.37. The summed E-state index contributed by atoms with van der Waals surface area (Å²) in [5, 5.41) is 13.2. The number of hydrogen-bond donors (Lipinski definition) is 3. The SMILES string of the molecule is Cc1cnc2ccc(-c3c(-c4ccc(F)cc4)nc(N)c4nc(C(=O)NC56CC(C(C)O)(C5)C6)cn34)cn12. The fraction of sp³-hybridized carbons (Fsp3) is 0.286. The van der Waals surface area contributed by atoms with Crippen molar-refractivity contribution in [2.45, 2.75) is 44.8 Å². The number of anilines is 1. The number of pyridine rings is 1. The average Bonchev–Trinajstić information content (AvgIpc) is 3.45. The van der Waals surface area contributed by atoms with Gasteiger partial charge in [0.1, 0.15) is 17.2 Å². The molecule has 0 aliphatic heterocycles. The van der Waals surface area contributed by atoms with Gasteiger partial charge in [-0.2, -0.15) is 0 Å². The first kappa shape index (κ1) is 22.9. The molecule has 0 spiro atoms. The number of nitrogen functional groups attached to an aromatic ring is 1. The third-order valence-electron chi connectivity index (χ3n) is 8.28. The highest BCUT2D eigenvalue weighted by molar-refractivity contribution is 5.95. The van der Waals surface area contributed by atoms with Crippen LogP contribution in [0.3, 0.4) is 0 Å². The summed E-state index contributed by atoms with van der Waals surface area (Å²) in [4.78, 5) is 26.9. The van der Waals surface area contributed by atoms with Gasteiger partial charge in [-0.3, -0.25) is 9.20 Å². The number of imidazole rings is 2. The van der Waals surface area contributed by atoms with Crippen LogP contribution in [0, 0.1) is 18.2 Å². The first-order valence-electron chi connectivity index (χ1n) is 12.6. The third kappa shape index (κ3) is 3.19. The molecule has 1 amide bonds. The minimum Gasteiger partial charge on any atom is -0.393 e. The van der Waals surface area contributed by atoms with E-state index in [1.165, 1.54) is 12.1 Å². The van der Waals surface area contributed by atoms with Gasteiger partial charge in [0.05, 0.1) is 17.5 Å². The summed E-state index contributed by atoms with van der Waals surface area (Å²) in [5.41, 5.74) is 11.0. The molecule has 4 N–H and O–H groups in total. The maximum Gasteiger partial charge on any atom is 0.271 e. The number of aromatic nitrogens is 5. The molecule has 8 rings (SSSR count). The van der Waals surface area contributed by atoms with Crippen LogP contribution >= 0.6 is 0 Å². The molecule has 2 bridgehead atoms. The first-order chi connectivity index (χ1) is 18.2. The van der Waals surface area contributed by atoms with Crippen molar-refractivity contribution >= 4 is 23.0 Å². The zero-order valence-electron chi connectivity index (χ0n) is 20.9. The number of halogens is 1. The number of fused-ring (bicyclic) bond motifs is 2. The van der Waals surface area contributed by atoms with Crippen LogP contribution in [0.4, 0.5) is 10.2 Å². The molecule has 3 aliphatic rings. The molecule has 0 radical (unpaired) electrons. The minimum absolute atomic E-state index is 0.0676. The number of nitrogens with zero attached hydrogens (tertiary/aromatic N) is 5. The maximum absolute atomic E-state index is 13.7. The van der Waals surface area contributed by atoms with Gasteiger partial charge in [-0.15, -0.1) is 0 Å². The molecule has 5 aromatic rings. The van der Waals surface area contributed by atoms with Gasteiger partial charge >= 0.3 is 0 Å². The Balaban J connectivity index is 1.36. The zero-order chi connectivity index (χ0) is 26.4. The number of amides is 1. The number of carbonyl (C=O) groups is 1. The molecular weight excluding hydrogens is 485 g/mol. The minimum atomic E-state index is -0.383. The normalized spacial score (nSPS) is 22.7. The van der Waals surface area contributed by atoms with E-state index in [1.54, 1.807) is 28.9 Å². The van der Waals surface area contributed by atoms with Gasteiger partial charge < -0.3 is 20.6 Å². The van der Waals surface area contributed by atoms with Crippen molar-refractivity contribution in [3.05, 3.63) is 72.2 Å². The number of nitrogens with two attached hydrogens (primary N) is 1. The van der Waals surface area contributed by atoms with Crippen molar-refractivity contribution in [1.82, 2.24) is 29.1 Å². The van der Waals surface area contributed by atoms with Gasteiger partial charge in [0.2, 0.25) is 0 Å². The summed E-state index contributed by atoms with van der Waals surface area (Å²) in [5.74, 6) is -0.486. The monoisotopic (exact) mass is 511 g/mol. The second-order valence-corrected chi connectivity index (χ2v) is 10.9. The number of rotatable bonds is 5. The van der Waals surface area contributed by atoms with Crippen LogP contribution in [0.2, 0.25) is 0 Å². The standard InChI is InChI=1S/C28H26FN7O2/c1-15-9-31-21-8-5-18(10-35(15)21)23-22(17-3-6-19(29)7-4-17)33-24(30)25-32-20(11-36(23)25)26(38)34-28-12-27(13-28,14-28)16(2)37/h3-11,16,37H,12-14H2,1-2H3,(H2,30,33)(H,34,38). The Morgan fingerprint density at radius 3 is 2.50 bits per heavy atom. The van der Waals surface area contributed by atoms with Crippen LogP contribution < -0.4 is 11.1 Å². The molecule has 38 heavy (non-hydrogen) atoms. The lowest BCUT2D eigenvalue weighted by Gasteiger charge is -2.71. The molecule has 10 heteroatoms. The molecule has 4 aromatic heterocycles. The second-order valence-electron chi connectivity index (χ2n) is 10.9. The number of aryl methyl sites for hydroxylation is 1. The van der Waals surface area contributed by atoms with Crippen LogP contribution in [-0.4, -0.2) is 46.4 Å². The molecule has 4 heterocycles. The molecule has 9 nitrogen and oxygen atoms in total. The van der Waals surface area contributed by atoms with Crippen LogP contribution in [0.5, 0.6) is 0 Å². The Bertz CT molecular complexity index is 1750. The highest BCUT2D eigenvalue weighted by atomic mass is 19.1. The number of aliphatic hydroxyl groups excluding tert-OH is 1. The smallest absolute Gasteiger partial charge is 0.271 e. The average molecular weight is 512 g/mol. The fourth-order valence-electron chi connectivity index (χ4n) is 6.25. The van der Waals surface area contributed by atoms with E-state index in [4.69, 9.17) is 5.73 Å². The summed E-state index contributed by atoms with van der Waals surface area (Å²) in [6, 6.07) is 9.89. The van der Waals surface area contributed by atoms with Crippen LogP contribution in [0.15, 0.2) is 55.0 Å². The number of nitrogens with one attached hydrogen (secondary N) is 1. The number of aliphatic hydroxyl groups is 1. The van der Waals surface area contributed by atoms with Gasteiger partial charge in [0.15, 0.2) is 11.5 Å². The van der Waals surface area contributed by atoms with Crippen molar-refractivity contribution < 1.29 is 14.3 Å². The number of hydrogen-bond acceptors (Lipinski definition) is 6. The zero-order valence-corrected chi connectivity index (χ0v) is 20.9. The van der Waals surface area contributed by atoms with Crippen LogP contribution in [0.1, 0.15) is 42.4 Å². The summed E-state index contributed by atoms with van der Waals surface area (Å²) < 4.78 is 17.5. The molecule has 192 valence electrons. The number of benzene rings is 1. The van der Waals surface area contributed by atoms with E-state index in [0.717, 1.165) is 36.2 Å². The Labute approximate surface area is 217 Å². The van der Waals surface area contributed by atoms with E-state index in [2.05, 4.69) is 20.3 Å². The molecule has 1 aromatic carbocycles. The first-order valence-corrected chi connectivity index (χ1v) is 12.6. The van der Waals surface area contributed by atoms with Crippen molar-refractivity contribution in [3.8, 4) is 22.5 Å². The highest BCUT2D eigenvalue weighted by Crippen LogP contribution is 2.68. The van der Waals surface area contributed by atoms with E-state index in [0.29, 0.717) is 22.6 Å². The van der Waals surface area contributed by atoms with Gasteiger partial charge in [-0.25, -0.2) is 19.3 Å². The molecule has 1 unspecified atom stereocenters. The predicted octanol–water partition coefficient (Wildman–Crippen LogP) is 3.77.